The standard InChI is InChI=1S/C17H21F3N2O2/c18-17(19,20)13-1-5-15(6-2-13)24-11-16(23)21-9-12-7-8-22(10-12)14-3-4-14/h1-2,5-6,12,14H,3-4,7-11H2,(H,21,23). The highest BCUT2D eigenvalue weighted by molar-refractivity contribution is 5.77. The first-order chi connectivity index (χ1) is 11.4. The Morgan fingerprint density at radius 2 is 1.92 bits per heavy atom. The average molecular weight is 342 g/mol. The fraction of sp³-hybridized carbons (Fsp3) is 0.588. The van der Waals surface area contributed by atoms with E-state index in [1.165, 1.54) is 25.0 Å². The zero-order valence-electron chi connectivity index (χ0n) is 13.3. The third-order valence-electron chi connectivity index (χ3n) is 4.52. The van der Waals surface area contributed by atoms with Crippen molar-refractivity contribution in [2.45, 2.75) is 31.5 Å². The van der Waals surface area contributed by atoms with E-state index in [4.69, 9.17) is 4.74 Å². The highest BCUT2D eigenvalue weighted by Gasteiger charge is 2.34. The number of halogens is 3. The van der Waals surface area contributed by atoms with Crippen molar-refractivity contribution in [1.82, 2.24) is 10.2 Å². The van der Waals surface area contributed by atoms with Crippen LogP contribution in [-0.4, -0.2) is 43.1 Å². The van der Waals surface area contributed by atoms with E-state index in [1.54, 1.807) is 0 Å². The second-order valence-corrected chi connectivity index (χ2v) is 6.50. The fourth-order valence-electron chi connectivity index (χ4n) is 3.00. The van der Waals surface area contributed by atoms with Crippen molar-refractivity contribution in [3.05, 3.63) is 29.8 Å². The minimum Gasteiger partial charge on any atom is -0.484 e. The molecule has 1 aliphatic heterocycles. The number of amides is 1. The molecule has 0 bridgehead atoms. The Labute approximate surface area is 139 Å². The van der Waals surface area contributed by atoms with Gasteiger partial charge in [0.2, 0.25) is 0 Å². The van der Waals surface area contributed by atoms with Gasteiger partial charge in [-0.05, 0) is 56.0 Å². The maximum Gasteiger partial charge on any atom is 0.416 e. The van der Waals surface area contributed by atoms with Gasteiger partial charge in [-0.1, -0.05) is 0 Å². The number of hydrogen-bond donors (Lipinski definition) is 1. The third kappa shape index (κ3) is 4.63. The van der Waals surface area contributed by atoms with Crippen molar-refractivity contribution < 1.29 is 22.7 Å². The van der Waals surface area contributed by atoms with Crippen LogP contribution in [0.1, 0.15) is 24.8 Å². The lowest BCUT2D eigenvalue weighted by atomic mass is 10.1. The van der Waals surface area contributed by atoms with Crippen LogP contribution in [0.2, 0.25) is 0 Å². The number of hydrogen-bond acceptors (Lipinski definition) is 3. The topological polar surface area (TPSA) is 41.6 Å². The van der Waals surface area contributed by atoms with Crippen molar-refractivity contribution >= 4 is 5.91 Å². The first-order valence-electron chi connectivity index (χ1n) is 8.22. The predicted octanol–water partition coefficient (Wildman–Crippen LogP) is 2.68. The highest BCUT2D eigenvalue weighted by atomic mass is 19.4. The van der Waals surface area contributed by atoms with Crippen LogP contribution in [0.3, 0.4) is 0 Å². The summed E-state index contributed by atoms with van der Waals surface area (Å²) >= 11 is 0. The average Bonchev–Trinajstić information content (AvgIpc) is 3.29. The number of nitrogens with one attached hydrogen (secondary N) is 1. The lowest BCUT2D eigenvalue weighted by molar-refractivity contribution is -0.137. The number of benzene rings is 1. The summed E-state index contributed by atoms with van der Waals surface area (Å²) in [6, 6.07) is 5.09. The summed E-state index contributed by atoms with van der Waals surface area (Å²) in [6.07, 6.45) is -0.692. The van der Waals surface area contributed by atoms with E-state index in [2.05, 4.69) is 10.2 Å². The number of rotatable bonds is 6. The molecule has 1 amide bonds. The summed E-state index contributed by atoms with van der Waals surface area (Å²) in [5.74, 6) is 0.472. The Balaban J connectivity index is 1.36. The molecule has 1 aliphatic carbocycles. The molecule has 1 saturated carbocycles. The van der Waals surface area contributed by atoms with Crippen molar-refractivity contribution in [3.63, 3.8) is 0 Å². The summed E-state index contributed by atoms with van der Waals surface area (Å²) in [4.78, 5) is 14.3. The third-order valence-corrected chi connectivity index (χ3v) is 4.52. The normalized spacial score (nSPS) is 21.7. The minimum absolute atomic E-state index is 0.190. The maximum absolute atomic E-state index is 12.5. The molecule has 1 heterocycles. The lowest BCUT2D eigenvalue weighted by Crippen LogP contribution is -2.34. The summed E-state index contributed by atoms with van der Waals surface area (Å²) < 4.78 is 42.6. The van der Waals surface area contributed by atoms with Crippen molar-refractivity contribution in [2.24, 2.45) is 5.92 Å². The van der Waals surface area contributed by atoms with Gasteiger partial charge in [0.1, 0.15) is 5.75 Å². The molecule has 4 nitrogen and oxygen atoms in total. The molecule has 1 atom stereocenters. The van der Waals surface area contributed by atoms with Gasteiger partial charge in [0, 0.05) is 19.1 Å². The van der Waals surface area contributed by atoms with Gasteiger partial charge < -0.3 is 15.0 Å². The molecule has 132 valence electrons. The maximum atomic E-state index is 12.5. The molecule has 24 heavy (non-hydrogen) atoms. The second kappa shape index (κ2) is 7.01. The quantitative estimate of drug-likeness (QED) is 0.864. The SMILES string of the molecule is O=C(COc1ccc(C(F)(F)F)cc1)NCC1CCN(C2CC2)C1. The van der Waals surface area contributed by atoms with E-state index in [0.29, 0.717) is 12.5 Å². The van der Waals surface area contributed by atoms with Gasteiger partial charge in [0.25, 0.3) is 5.91 Å². The minimum atomic E-state index is -4.37. The molecule has 1 aromatic rings. The zero-order valence-corrected chi connectivity index (χ0v) is 13.3. The zero-order chi connectivity index (χ0) is 17.2. The Bertz CT molecular complexity index is 570. The Hall–Kier alpha value is -1.76. The highest BCUT2D eigenvalue weighted by Crippen LogP contribution is 2.31. The molecule has 0 radical (unpaired) electrons. The molecule has 2 aliphatic rings. The molecule has 1 N–H and O–H groups in total. The van der Waals surface area contributed by atoms with Gasteiger partial charge in [-0.25, -0.2) is 0 Å². The summed E-state index contributed by atoms with van der Waals surface area (Å²) in [6.45, 7) is 2.57. The summed E-state index contributed by atoms with van der Waals surface area (Å²) in [7, 11) is 0. The summed E-state index contributed by atoms with van der Waals surface area (Å²) in [5.41, 5.74) is -0.735. The van der Waals surface area contributed by atoms with Gasteiger partial charge in [-0.2, -0.15) is 13.2 Å². The molecule has 2 fully saturated rings. The molecule has 0 spiro atoms. The van der Waals surface area contributed by atoms with Crippen molar-refractivity contribution in [1.29, 1.82) is 0 Å². The van der Waals surface area contributed by atoms with E-state index in [9.17, 15) is 18.0 Å². The molecule has 3 rings (SSSR count). The van der Waals surface area contributed by atoms with Crippen LogP contribution in [0, 0.1) is 5.92 Å². The van der Waals surface area contributed by atoms with E-state index < -0.39 is 11.7 Å². The van der Waals surface area contributed by atoms with Crippen LogP contribution in [-0.2, 0) is 11.0 Å². The molecule has 1 unspecified atom stereocenters. The number of likely N-dealkylation sites (tertiary alicyclic amines) is 1. The van der Waals surface area contributed by atoms with Crippen LogP contribution >= 0.6 is 0 Å². The largest absolute Gasteiger partial charge is 0.484 e. The van der Waals surface area contributed by atoms with Gasteiger partial charge >= 0.3 is 6.18 Å². The van der Waals surface area contributed by atoms with E-state index in [1.807, 2.05) is 0 Å². The van der Waals surface area contributed by atoms with Crippen LogP contribution in [0.15, 0.2) is 24.3 Å². The number of ether oxygens (including phenoxy) is 1. The molecule has 1 aromatic carbocycles. The molecular formula is C17H21F3N2O2. The lowest BCUT2D eigenvalue weighted by Gasteiger charge is -2.15. The van der Waals surface area contributed by atoms with E-state index in [0.717, 1.165) is 37.7 Å². The smallest absolute Gasteiger partial charge is 0.416 e. The van der Waals surface area contributed by atoms with Crippen LogP contribution in [0.25, 0.3) is 0 Å². The number of alkyl halides is 3. The van der Waals surface area contributed by atoms with Gasteiger partial charge in [-0.3, -0.25) is 4.79 Å². The number of carbonyl (C=O) groups is 1. The molecular weight excluding hydrogens is 321 g/mol. The molecule has 1 saturated heterocycles. The predicted molar refractivity (Wildman–Crippen MR) is 82.7 cm³/mol. The van der Waals surface area contributed by atoms with Crippen LogP contribution < -0.4 is 10.1 Å². The van der Waals surface area contributed by atoms with Gasteiger partial charge in [0.05, 0.1) is 5.56 Å². The van der Waals surface area contributed by atoms with Gasteiger partial charge in [0.15, 0.2) is 6.61 Å². The fourth-order valence-corrected chi connectivity index (χ4v) is 3.00. The first-order valence-corrected chi connectivity index (χ1v) is 8.22. The number of carbonyl (C=O) groups excluding carboxylic acids is 1. The van der Waals surface area contributed by atoms with Crippen LogP contribution in [0.5, 0.6) is 5.75 Å². The molecule has 0 aromatic heterocycles. The Morgan fingerprint density at radius 3 is 2.54 bits per heavy atom. The summed E-state index contributed by atoms with van der Waals surface area (Å²) in [5, 5.41) is 2.84. The number of nitrogens with zero attached hydrogens (tertiary/aromatic N) is 1. The monoisotopic (exact) mass is 342 g/mol. The van der Waals surface area contributed by atoms with Gasteiger partial charge in [-0.15, -0.1) is 0 Å². The van der Waals surface area contributed by atoms with E-state index in [-0.39, 0.29) is 18.3 Å². The first kappa shape index (κ1) is 17.1. The second-order valence-electron chi connectivity index (χ2n) is 6.50. The van der Waals surface area contributed by atoms with Crippen molar-refractivity contribution in [2.75, 3.05) is 26.2 Å². The van der Waals surface area contributed by atoms with Crippen molar-refractivity contribution in [3.8, 4) is 5.75 Å². The van der Waals surface area contributed by atoms with Crippen LogP contribution in [0.4, 0.5) is 13.2 Å². The molecule has 7 heteroatoms. The Kier molecular flexibility index (Phi) is 4.99. The Morgan fingerprint density at radius 1 is 1.21 bits per heavy atom. The van der Waals surface area contributed by atoms with E-state index >= 15 is 0 Å².